The van der Waals surface area contributed by atoms with Crippen LogP contribution in [0.3, 0.4) is 0 Å². The number of amides is 1. The van der Waals surface area contributed by atoms with E-state index in [0.29, 0.717) is 30.7 Å². The molecule has 1 aromatic carbocycles. The van der Waals surface area contributed by atoms with Gasteiger partial charge in [0.2, 0.25) is 21.9 Å². The number of sulfonamides is 1. The second kappa shape index (κ2) is 8.07. The summed E-state index contributed by atoms with van der Waals surface area (Å²) in [7, 11) is -3.51. The maximum Gasteiger partial charge on any atom is 0.243 e. The zero-order chi connectivity index (χ0) is 21.3. The lowest BCUT2D eigenvalue weighted by Crippen LogP contribution is -2.27. The summed E-state index contributed by atoms with van der Waals surface area (Å²) in [4.78, 5) is 20.9. The molecule has 1 fully saturated rings. The van der Waals surface area contributed by atoms with Crippen LogP contribution in [-0.2, 0) is 21.4 Å². The lowest BCUT2D eigenvalue weighted by molar-refractivity contribution is -0.116. The van der Waals surface area contributed by atoms with E-state index in [0.717, 1.165) is 24.2 Å². The van der Waals surface area contributed by atoms with E-state index in [1.54, 1.807) is 16.8 Å². The van der Waals surface area contributed by atoms with Gasteiger partial charge in [-0.2, -0.15) is 4.31 Å². The number of anilines is 1. The molecule has 0 spiro atoms. The molecule has 158 valence electrons. The molecule has 10 nitrogen and oxygen atoms in total. The van der Waals surface area contributed by atoms with Crippen LogP contribution in [0.4, 0.5) is 5.95 Å². The molecule has 1 saturated heterocycles. The third kappa shape index (κ3) is 4.17. The smallest absolute Gasteiger partial charge is 0.243 e. The Morgan fingerprint density at radius 3 is 2.50 bits per heavy atom. The van der Waals surface area contributed by atoms with Gasteiger partial charge in [0.15, 0.2) is 0 Å². The van der Waals surface area contributed by atoms with Gasteiger partial charge in [-0.05, 0) is 51.0 Å². The number of hydrogen-bond donors (Lipinski definition) is 1. The zero-order valence-corrected chi connectivity index (χ0v) is 17.7. The summed E-state index contributed by atoms with van der Waals surface area (Å²) in [5.74, 6) is 0.0367. The molecule has 1 aliphatic rings. The predicted octanol–water partition coefficient (Wildman–Crippen LogP) is 1.65. The fraction of sp³-hybridized carbons (Fsp3) is 0.421. The van der Waals surface area contributed by atoms with E-state index >= 15 is 0 Å². The molecule has 0 bridgehead atoms. The average Bonchev–Trinajstić information content (AvgIpc) is 3.35. The number of nitrogens with zero attached hydrogens (tertiary/aromatic N) is 6. The quantitative estimate of drug-likeness (QED) is 0.632. The number of aromatic nitrogens is 5. The number of carbonyl (C=O) groups is 1. The van der Waals surface area contributed by atoms with Gasteiger partial charge < -0.3 is 0 Å². The number of fused-ring (bicyclic) bond motifs is 1. The molecule has 3 heterocycles. The Labute approximate surface area is 174 Å². The Morgan fingerprint density at radius 1 is 1.10 bits per heavy atom. The van der Waals surface area contributed by atoms with E-state index in [4.69, 9.17) is 0 Å². The Kier molecular flexibility index (Phi) is 5.48. The van der Waals surface area contributed by atoms with Crippen LogP contribution in [-0.4, -0.2) is 56.7 Å². The Bertz CT molecular complexity index is 1180. The number of benzene rings is 1. The van der Waals surface area contributed by atoms with Crippen molar-refractivity contribution in [2.24, 2.45) is 0 Å². The summed E-state index contributed by atoms with van der Waals surface area (Å²) in [5.41, 5.74) is 2.71. The average molecular weight is 430 g/mol. The van der Waals surface area contributed by atoms with Crippen LogP contribution >= 0.6 is 0 Å². The molecule has 0 unspecified atom stereocenters. The molecule has 3 aromatic rings. The van der Waals surface area contributed by atoms with E-state index in [1.807, 2.05) is 19.9 Å². The Morgan fingerprint density at radius 2 is 1.80 bits per heavy atom. The van der Waals surface area contributed by atoms with Gasteiger partial charge in [0.1, 0.15) is 5.52 Å². The van der Waals surface area contributed by atoms with Gasteiger partial charge in [-0.3, -0.25) is 10.1 Å². The lowest BCUT2D eigenvalue weighted by Gasteiger charge is -2.15. The van der Waals surface area contributed by atoms with Crippen LogP contribution in [0.15, 0.2) is 29.2 Å². The molecule has 0 aliphatic carbocycles. The number of aryl methyl sites for hydroxylation is 3. The highest BCUT2D eigenvalue weighted by molar-refractivity contribution is 7.89. The standard InChI is InChI=1S/C19H23N7O3S/c1-13-11-14(2)21-19(20-13)22-18(27)7-10-26-17-6-5-15(12-16(17)23-24-26)30(28,29)25-8-3-4-9-25/h5-6,11-12H,3-4,7-10H2,1-2H3,(H,20,21,22,27). The first-order chi connectivity index (χ1) is 14.3. The van der Waals surface area contributed by atoms with Crippen LogP contribution in [0.1, 0.15) is 30.7 Å². The summed E-state index contributed by atoms with van der Waals surface area (Å²) >= 11 is 0. The molecule has 30 heavy (non-hydrogen) atoms. The SMILES string of the molecule is Cc1cc(C)nc(NC(=O)CCn2nnc3cc(S(=O)(=O)N4CCCC4)ccc32)n1. The van der Waals surface area contributed by atoms with Gasteiger partial charge in [-0.1, -0.05) is 5.21 Å². The first kappa shape index (κ1) is 20.4. The Hall–Kier alpha value is -2.92. The number of rotatable bonds is 6. The molecule has 1 amide bonds. The van der Waals surface area contributed by atoms with Crippen LogP contribution in [0.5, 0.6) is 0 Å². The lowest BCUT2D eigenvalue weighted by atomic mass is 10.3. The molecule has 11 heteroatoms. The largest absolute Gasteiger partial charge is 0.294 e. The molecule has 1 N–H and O–H groups in total. The highest BCUT2D eigenvalue weighted by atomic mass is 32.2. The van der Waals surface area contributed by atoms with Gasteiger partial charge >= 0.3 is 0 Å². The summed E-state index contributed by atoms with van der Waals surface area (Å²) in [5, 5.41) is 10.8. The minimum atomic E-state index is -3.51. The highest BCUT2D eigenvalue weighted by Crippen LogP contribution is 2.23. The normalized spacial score (nSPS) is 15.0. The number of carbonyl (C=O) groups excluding carboxylic acids is 1. The fourth-order valence-corrected chi connectivity index (χ4v) is 5.07. The van der Waals surface area contributed by atoms with E-state index in [-0.39, 0.29) is 23.2 Å². The van der Waals surface area contributed by atoms with Crippen molar-refractivity contribution in [3.63, 3.8) is 0 Å². The van der Waals surface area contributed by atoms with Crippen LogP contribution < -0.4 is 5.32 Å². The van der Waals surface area contributed by atoms with Crippen molar-refractivity contribution >= 4 is 32.9 Å². The predicted molar refractivity (Wildman–Crippen MR) is 110 cm³/mol. The summed E-state index contributed by atoms with van der Waals surface area (Å²) in [6.07, 6.45) is 1.92. The van der Waals surface area contributed by atoms with Gasteiger partial charge in [-0.25, -0.2) is 23.1 Å². The maximum absolute atomic E-state index is 12.7. The molecule has 0 radical (unpaired) electrons. The third-order valence-corrected chi connectivity index (χ3v) is 6.87. The van der Waals surface area contributed by atoms with Crippen molar-refractivity contribution in [3.8, 4) is 0 Å². The van der Waals surface area contributed by atoms with E-state index in [1.165, 1.54) is 10.4 Å². The van der Waals surface area contributed by atoms with Gasteiger partial charge in [0.05, 0.1) is 17.0 Å². The highest BCUT2D eigenvalue weighted by Gasteiger charge is 2.27. The van der Waals surface area contributed by atoms with Gasteiger partial charge in [-0.15, -0.1) is 5.10 Å². The Balaban J connectivity index is 1.45. The molecule has 4 rings (SSSR count). The third-order valence-electron chi connectivity index (χ3n) is 4.97. The van der Waals surface area contributed by atoms with Crippen LogP contribution in [0, 0.1) is 13.8 Å². The first-order valence-electron chi connectivity index (χ1n) is 9.78. The first-order valence-corrected chi connectivity index (χ1v) is 11.2. The van der Waals surface area contributed by atoms with Crippen molar-refractivity contribution in [1.82, 2.24) is 29.3 Å². The van der Waals surface area contributed by atoms with E-state index in [9.17, 15) is 13.2 Å². The minimum Gasteiger partial charge on any atom is -0.294 e. The molecular weight excluding hydrogens is 406 g/mol. The topological polar surface area (TPSA) is 123 Å². The van der Waals surface area contributed by atoms with Crippen molar-refractivity contribution < 1.29 is 13.2 Å². The summed E-state index contributed by atoms with van der Waals surface area (Å²) < 4.78 is 28.5. The number of nitrogens with one attached hydrogen (secondary N) is 1. The van der Waals surface area contributed by atoms with Crippen molar-refractivity contribution in [1.29, 1.82) is 0 Å². The summed E-state index contributed by atoms with van der Waals surface area (Å²) in [6, 6.07) is 6.62. The minimum absolute atomic E-state index is 0.155. The molecule has 1 aliphatic heterocycles. The second-order valence-electron chi connectivity index (χ2n) is 7.35. The maximum atomic E-state index is 12.7. The molecule has 2 aromatic heterocycles. The monoisotopic (exact) mass is 429 g/mol. The molecule has 0 atom stereocenters. The molecule has 0 saturated carbocycles. The van der Waals surface area contributed by atoms with Gasteiger partial charge in [0.25, 0.3) is 0 Å². The van der Waals surface area contributed by atoms with Crippen LogP contribution in [0.25, 0.3) is 11.0 Å². The fourth-order valence-electron chi connectivity index (χ4n) is 3.53. The van der Waals surface area contributed by atoms with Crippen LogP contribution in [0.2, 0.25) is 0 Å². The molecular formula is C19H23N7O3S. The second-order valence-corrected chi connectivity index (χ2v) is 9.28. The van der Waals surface area contributed by atoms with Crippen molar-refractivity contribution in [3.05, 3.63) is 35.7 Å². The van der Waals surface area contributed by atoms with Gasteiger partial charge in [0, 0.05) is 30.9 Å². The summed E-state index contributed by atoms with van der Waals surface area (Å²) in [6.45, 7) is 5.07. The number of hydrogen-bond acceptors (Lipinski definition) is 7. The van der Waals surface area contributed by atoms with E-state index in [2.05, 4.69) is 25.6 Å². The van der Waals surface area contributed by atoms with Crippen molar-refractivity contribution in [2.75, 3.05) is 18.4 Å². The van der Waals surface area contributed by atoms with Crippen molar-refractivity contribution in [2.45, 2.75) is 44.6 Å². The van der Waals surface area contributed by atoms with E-state index < -0.39 is 10.0 Å². The zero-order valence-electron chi connectivity index (χ0n) is 16.9.